The van der Waals surface area contributed by atoms with Crippen molar-refractivity contribution >= 4 is 44.8 Å². The van der Waals surface area contributed by atoms with E-state index in [4.69, 9.17) is 11.6 Å². The van der Waals surface area contributed by atoms with Crippen LogP contribution in [0.4, 0.5) is 11.4 Å². The Hall–Kier alpha value is -1.99. The third kappa shape index (κ3) is 3.12. The molecule has 0 bridgehead atoms. The number of hydrogen-bond donors (Lipinski definition) is 1. The quantitative estimate of drug-likeness (QED) is 0.672. The van der Waals surface area contributed by atoms with Crippen molar-refractivity contribution in [3.8, 4) is 0 Å². The van der Waals surface area contributed by atoms with Crippen LogP contribution in [0.15, 0.2) is 41.1 Å². The van der Waals surface area contributed by atoms with E-state index in [9.17, 15) is 14.9 Å². The average Bonchev–Trinajstić information content (AvgIpc) is 2.40. The maximum atomic E-state index is 12.0. The highest BCUT2D eigenvalue weighted by Gasteiger charge is 2.15. The standard InChI is InChI=1S/C12H7BrClN3O3/c13-8-6-15-4-3-10(8)16-12(18)7-1-2-11(17(19)20)9(14)5-7/h1-6H,(H,15,16,18). The van der Waals surface area contributed by atoms with E-state index in [2.05, 4.69) is 26.2 Å². The summed E-state index contributed by atoms with van der Waals surface area (Å²) < 4.78 is 0.626. The number of carbonyl (C=O) groups is 1. The van der Waals surface area contributed by atoms with Crippen molar-refractivity contribution in [3.05, 3.63) is 61.8 Å². The fourth-order valence-electron chi connectivity index (χ4n) is 1.47. The number of nitrogens with zero attached hydrogens (tertiary/aromatic N) is 2. The van der Waals surface area contributed by atoms with Crippen molar-refractivity contribution in [2.24, 2.45) is 0 Å². The van der Waals surface area contributed by atoms with E-state index in [1.807, 2.05) is 0 Å². The van der Waals surface area contributed by atoms with Crippen LogP contribution in [0.1, 0.15) is 10.4 Å². The number of nitro benzene ring substituents is 1. The highest BCUT2D eigenvalue weighted by molar-refractivity contribution is 9.10. The minimum atomic E-state index is -0.608. The zero-order valence-corrected chi connectivity index (χ0v) is 12.2. The van der Waals surface area contributed by atoms with E-state index in [-0.39, 0.29) is 16.3 Å². The van der Waals surface area contributed by atoms with Crippen molar-refractivity contribution < 1.29 is 9.72 Å². The van der Waals surface area contributed by atoms with Crippen molar-refractivity contribution in [2.75, 3.05) is 5.32 Å². The predicted molar refractivity (Wildman–Crippen MR) is 78.0 cm³/mol. The molecule has 1 aromatic heterocycles. The Balaban J connectivity index is 2.24. The van der Waals surface area contributed by atoms with E-state index in [0.29, 0.717) is 10.2 Å². The maximum Gasteiger partial charge on any atom is 0.287 e. The molecule has 6 nitrogen and oxygen atoms in total. The lowest BCUT2D eigenvalue weighted by Gasteiger charge is -2.07. The molecule has 1 aromatic carbocycles. The molecule has 0 fully saturated rings. The Labute approximate surface area is 127 Å². The van der Waals surface area contributed by atoms with Gasteiger partial charge in [-0.25, -0.2) is 0 Å². The highest BCUT2D eigenvalue weighted by atomic mass is 79.9. The number of hydrogen-bond acceptors (Lipinski definition) is 4. The topological polar surface area (TPSA) is 85.1 Å². The number of pyridine rings is 1. The molecule has 0 saturated heterocycles. The summed E-state index contributed by atoms with van der Waals surface area (Å²) in [6.45, 7) is 0. The largest absolute Gasteiger partial charge is 0.321 e. The first-order chi connectivity index (χ1) is 9.49. The Bertz CT molecular complexity index is 693. The van der Waals surface area contributed by atoms with Crippen LogP contribution >= 0.6 is 27.5 Å². The molecule has 1 amide bonds. The van der Waals surface area contributed by atoms with E-state index < -0.39 is 10.8 Å². The van der Waals surface area contributed by atoms with E-state index in [0.717, 1.165) is 0 Å². The summed E-state index contributed by atoms with van der Waals surface area (Å²) in [5.41, 5.74) is 0.525. The van der Waals surface area contributed by atoms with Crippen LogP contribution < -0.4 is 5.32 Å². The fraction of sp³-hybridized carbons (Fsp3) is 0. The van der Waals surface area contributed by atoms with Gasteiger partial charge in [0.25, 0.3) is 11.6 Å². The molecule has 0 atom stereocenters. The van der Waals surface area contributed by atoms with Crippen molar-refractivity contribution in [1.82, 2.24) is 4.98 Å². The van der Waals surface area contributed by atoms with E-state index in [1.54, 1.807) is 12.3 Å². The Kier molecular flexibility index (Phi) is 4.31. The average molecular weight is 357 g/mol. The summed E-state index contributed by atoms with van der Waals surface area (Å²) in [7, 11) is 0. The van der Waals surface area contributed by atoms with E-state index in [1.165, 1.54) is 24.4 Å². The van der Waals surface area contributed by atoms with Crippen LogP contribution in [0.25, 0.3) is 0 Å². The summed E-state index contributed by atoms with van der Waals surface area (Å²) in [5, 5.41) is 13.2. The van der Waals surface area contributed by atoms with Gasteiger partial charge in [0, 0.05) is 24.0 Å². The summed E-state index contributed by atoms with van der Waals surface area (Å²) in [6, 6.07) is 5.41. The third-order valence-electron chi connectivity index (χ3n) is 2.43. The van der Waals surface area contributed by atoms with Crippen molar-refractivity contribution in [3.63, 3.8) is 0 Å². The van der Waals surface area contributed by atoms with Gasteiger partial charge < -0.3 is 5.32 Å². The fourth-order valence-corrected chi connectivity index (χ4v) is 2.07. The van der Waals surface area contributed by atoms with Gasteiger partial charge in [0.15, 0.2) is 0 Å². The number of anilines is 1. The lowest BCUT2D eigenvalue weighted by molar-refractivity contribution is -0.384. The predicted octanol–water partition coefficient (Wildman–Crippen LogP) is 3.66. The Morgan fingerprint density at radius 3 is 2.75 bits per heavy atom. The van der Waals surface area contributed by atoms with Gasteiger partial charge in [-0.05, 0) is 34.1 Å². The van der Waals surface area contributed by atoms with Crippen LogP contribution in [-0.2, 0) is 0 Å². The summed E-state index contributed by atoms with van der Waals surface area (Å²) in [4.78, 5) is 25.9. The summed E-state index contributed by atoms with van der Waals surface area (Å²) >= 11 is 9.01. The number of nitrogens with one attached hydrogen (secondary N) is 1. The molecule has 1 N–H and O–H groups in total. The monoisotopic (exact) mass is 355 g/mol. The van der Waals surface area contributed by atoms with Gasteiger partial charge in [-0.2, -0.15) is 0 Å². The first kappa shape index (κ1) is 14.4. The second kappa shape index (κ2) is 5.98. The van der Waals surface area contributed by atoms with Crippen LogP contribution in [0.2, 0.25) is 5.02 Å². The number of benzene rings is 1. The van der Waals surface area contributed by atoms with Gasteiger partial charge in [-0.1, -0.05) is 11.6 Å². The second-order valence-corrected chi connectivity index (χ2v) is 4.99. The molecular weight excluding hydrogens is 350 g/mol. The Morgan fingerprint density at radius 2 is 2.15 bits per heavy atom. The lowest BCUT2D eigenvalue weighted by Crippen LogP contribution is -2.12. The van der Waals surface area contributed by atoms with Crippen LogP contribution in [0, 0.1) is 10.1 Å². The molecule has 0 saturated carbocycles. The minimum Gasteiger partial charge on any atom is -0.321 e. The zero-order chi connectivity index (χ0) is 14.7. The molecule has 102 valence electrons. The highest BCUT2D eigenvalue weighted by Crippen LogP contribution is 2.26. The zero-order valence-electron chi connectivity index (χ0n) is 9.84. The summed E-state index contributed by atoms with van der Waals surface area (Å²) in [6.07, 6.45) is 3.07. The number of amides is 1. The molecule has 0 radical (unpaired) electrons. The number of rotatable bonds is 3. The van der Waals surface area contributed by atoms with Crippen LogP contribution in [0.3, 0.4) is 0 Å². The van der Waals surface area contributed by atoms with Gasteiger partial charge in [0.2, 0.25) is 0 Å². The molecule has 0 unspecified atom stereocenters. The normalized spacial score (nSPS) is 10.1. The van der Waals surface area contributed by atoms with Crippen molar-refractivity contribution in [2.45, 2.75) is 0 Å². The molecular formula is C12H7BrClN3O3. The molecule has 2 aromatic rings. The van der Waals surface area contributed by atoms with Gasteiger partial charge >= 0.3 is 0 Å². The number of halogens is 2. The molecule has 0 spiro atoms. The molecule has 0 aliphatic carbocycles. The molecule has 1 heterocycles. The maximum absolute atomic E-state index is 12.0. The molecule has 2 rings (SSSR count). The van der Waals surface area contributed by atoms with Crippen LogP contribution in [0.5, 0.6) is 0 Å². The summed E-state index contributed by atoms with van der Waals surface area (Å²) in [5.74, 6) is -0.423. The smallest absolute Gasteiger partial charge is 0.287 e. The Morgan fingerprint density at radius 1 is 1.40 bits per heavy atom. The lowest BCUT2D eigenvalue weighted by atomic mass is 10.2. The number of aromatic nitrogens is 1. The third-order valence-corrected chi connectivity index (χ3v) is 3.36. The second-order valence-electron chi connectivity index (χ2n) is 3.73. The number of nitro groups is 1. The van der Waals surface area contributed by atoms with Crippen molar-refractivity contribution in [1.29, 1.82) is 0 Å². The SMILES string of the molecule is O=C(Nc1ccncc1Br)c1ccc([N+](=O)[O-])c(Cl)c1. The molecule has 0 aliphatic heterocycles. The first-order valence-corrected chi connectivity index (χ1v) is 6.51. The van der Waals surface area contributed by atoms with Gasteiger partial charge in [0.05, 0.1) is 15.1 Å². The number of carbonyl (C=O) groups excluding carboxylic acids is 1. The van der Waals surface area contributed by atoms with Gasteiger partial charge in [0.1, 0.15) is 5.02 Å². The first-order valence-electron chi connectivity index (χ1n) is 5.34. The molecule has 0 aliphatic rings. The molecule has 20 heavy (non-hydrogen) atoms. The minimum absolute atomic E-state index is 0.0866. The van der Waals surface area contributed by atoms with Crippen LogP contribution in [-0.4, -0.2) is 15.8 Å². The van der Waals surface area contributed by atoms with Gasteiger partial charge in [-0.3, -0.25) is 19.9 Å². The van der Waals surface area contributed by atoms with Gasteiger partial charge in [-0.15, -0.1) is 0 Å². The molecule has 8 heteroatoms. The van der Waals surface area contributed by atoms with E-state index >= 15 is 0 Å².